The first-order valence-corrected chi connectivity index (χ1v) is 6.60. The Bertz CT molecular complexity index is 789. The molecule has 0 saturated carbocycles. The summed E-state index contributed by atoms with van der Waals surface area (Å²) in [5, 5.41) is 23.4. The molecule has 120 valence electrons. The Morgan fingerprint density at radius 2 is 2.22 bits per heavy atom. The van der Waals surface area contributed by atoms with Crippen molar-refractivity contribution >= 4 is 34.0 Å². The number of anilines is 1. The summed E-state index contributed by atoms with van der Waals surface area (Å²) >= 11 is 0.789. The van der Waals surface area contributed by atoms with Gasteiger partial charge in [-0.1, -0.05) is 5.16 Å². The minimum absolute atomic E-state index is 0.0573. The van der Waals surface area contributed by atoms with Crippen molar-refractivity contribution in [2.24, 2.45) is 5.16 Å². The van der Waals surface area contributed by atoms with Crippen LogP contribution in [0.4, 0.5) is 10.8 Å². The molecule has 0 amide bonds. The highest BCUT2D eigenvalue weighted by Crippen LogP contribution is 2.31. The highest BCUT2D eigenvalue weighted by atomic mass is 32.1. The zero-order valence-electron chi connectivity index (χ0n) is 11.5. The fourth-order valence-electron chi connectivity index (χ4n) is 1.45. The van der Waals surface area contributed by atoms with Gasteiger partial charge in [0.2, 0.25) is 17.3 Å². The van der Waals surface area contributed by atoms with Crippen molar-refractivity contribution < 1.29 is 24.4 Å². The van der Waals surface area contributed by atoms with Crippen LogP contribution in [-0.2, 0) is 4.79 Å². The van der Waals surface area contributed by atoms with Gasteiger partial charge in [-0.15, -0.1) is 0 Å². The zero-order chi connectivity index (χ0) is 17.0. The van der Waals surface area contributed by atoms with E-state index in [0.717, 1.165) is 17.6 Å². The molecule has 1 aromatic heterocycles. The largest absolute Gasteiger partial charge is 0.493 e. The van der Waals surface area contributed by atoms with Gasteiger partial charge in [0.15, 0.2) is 10.9 Å². The van der Waals surface area contributed by atoms with Gasteiger partial charge in [-0.25, -0.2) is 4.79 Å². The maximum absolute atomic E-state index is 11.2. The molecule has 0 aliphatic rings. The molecule has 0 spiro atoms. The topological polar surface area (TPSA) is 163 Å². The van der Waals surface area contributed by atoms with E-state index in [2.05, 4.69) is 14.5 Å². The Labute approximate surface area is 132 Å². The second-order valence-electron chi connectivity index (χ2n) is 3.88. The summed E-state index contributed by atoms with van der Waals surface area (Å²) in [6.45, 7) is 0. The smallest absolute Gasteiger partial charge is 0.362 e. The summed E-state index contributed by atoms with van der Waals surface area (Å²) in [7, 11) is 1.32. The molecule has 1 aromatic carbocycles. The number of aromatic nitrogens is 2. The predicted octanol–water partition coefficient (Wildman–Crippen LogP) is 0.905. The van der Waals surface area contributed by atoms with Gasteiger partial charge in [-0.2, -0.15) is 9.36 Å². The monoisotopic (exact) mass is 339 g/mol. The SMILES string of the molecule is COc1ccc([N+](=O)[O-])cc1O/N=C(\C(=O)O)c1nsc(N)n1. The summed E-state index contributed by atoms with van der Waals surface area (Å²) in [5.41, 5.74) is 4.50. The second kappa shape index (κ2) is 6.65. The highest BCUT2D eigenvalue weighted by Gasteiger charge is 2.20. The molecule has 0 bridgehead atoms. The molecule has 0 fully saturated rings. The lowest BCUT2D eigenvalue weighted by atomic mass is 10.3. The van der Waals surface area contributed by atoms with Gasteiger partial charge >= 0.3 is 5.97 Å². The number of nitrogens with two attached hydrogens (primary N) is 1. The first-order valence-electron chi connectivity index (χ1n) is 5.82. The minimum Gasteiger partial charge on any atom is -0.493 e. The Balaban J connectivity index is 2.37. The van der Waals surface area contributed by atoms with Crippen molar-refractivity contribution in [1.29, 1.82) is 0 Å². The number of methoxy groups -OCH3 is 1. The van der Waals surface area contributed by atoms with Gasteiger partial charge in [-0.3, -0.25) is 10.1 Å². The van der Waals surface area contributed by atoms with Crippen LogP contribution in [0.2, 0.25) is 0 Å². The van der Waals surface area contributed by atoms with E-state index in [1.807, 2.05) is 0 Å². The standard InChI is InChI=1S/C11H9N5O6S/c1-21-6-3-2-5(16(19)20)4-7(6)22-14-8(10(17)18)9-13-11(12)23-15-9/h2-4H,1H3,(H,17,18)(H2,12,13,15)/b14-8-. The Hall–Kier alpha value is -3.28. The van der Waals surface area contributed by atoms with Crippen LogP contribution < -0.4 is 15.3 Å². The van der Waals surface area contributed by atoms with Gasteiger partial charge in [0.05, 0.1) is 18.1 Å². The lowest BCUT2D eigenvalue weighted by Crippen LogP contribution is -2.17. The van der Waals surface area contributed by atoms with E-state index < -0.39 is 16.6 Å². The molecule has 12 heteroatoms. The van der Waals surface area contributed by atoms with Crippen LogP contribution >= 0.6 is 11.5 Å². The molecule has 0 atom stereocenters. The number of benzene rings is 1. The molecule has 0 saturated heterocycles. The number of nitrogen functional groups attached to an aromatic ring is 1. The second-order valence-corrected chi connectivity index (χ2v) is 4.67. The van der Waals surface area contributed by atoms with Crippen molar-refractivity contribution in [3.63, 3.8) is 0 Å². The van der Waals surface area contributed by atoms with E-state index in [1.165, 1.54) is 19.2 Å². The quantitative estimate of drug-likeness (QED) is 0.442. The first-order chi connectivity index (χ1) is 10.9. The van der Waals surface area contributed by atoms with Crippen LogP contribution in [0.1, 0.15) is 5.82 Å². The maximum Gasteiger partial charge on any atom is 0.362 e. The van der Waals surface area contributed by atoms with Gasteiger partial charge in [0.1, 0.15) is 0 Å². The summed E-state index contributed by atoms with van der Waals surface area (Å²) in [5.74, 6) is -1.69. The highest BCUT2D eigenvalue weighted by molar-refractivity contribution is 7.09. The summed E-state index contributed by atoms with van der Waals surface area (Å²) < 4.78 is 8.68. The molecule has 0 aliphatic carbocycles. The molecule has 3 N–H and O–H groups in total. The lowest BCUT2D eigenvalue weighted by Gasteiger charge is -2.06. The molecule has 23 heavy (non-hydrogen) atoms. The fourth-order valence-corrected chi connectivity index (χ4v) is 1.89. The van der Waals surface area contributed by atoms with Crippen LogP contribution in [0.3, 0.4) is 0 Å². The number of ether oxygens (including phenoxy) is 1. The number of hydrogen-bond donors (Lipinski definition) is 2. The van der Waals surface area contributed by atoms with Crippen LogP contribution in [0.5, 0.6) is 11.5 Å². The van der Waals surface area contributed by atoms with Gasteiger partial charge in [0, 0.05) is 17.6 Å². The zero-order valence-corrected chi connectivity index (χ0v) is 12.3. The number of rotatable bonds is 6. The van der Waals surface area contributed by atoms with Crippen molar-refractivity contribution in [3.8, 4) is 11.5 Å². The van der Waals surface area contributed by atoms with E-state index in [1.54, 1.807) is 0 Å². The molecule has 0 unspecified atom stereocenters. The number of aliphatic carboxylic acids is 1. The average molecular weight is 339 g/mol. The van der Waals surface area contributed by atoms with E-state index in [4.69, 9.17) is 20.4 Å². The van der Waals surface area contributed by atoms with Gasteiger partial charge in [-0.05, 0) is 6.07 Å². The molecule has 2 aromatic rings. The van der Waals surface area contributed by atoms with Crippen LogP contribution in [0.25, 0.3) is 0 Å². The predicted molar refractivity (Wildman–Crippen MR) is 78.8 cm³/mol. The van der Waals surface area contributed by atoms with Crippen LogP contribution in [0, 0.1) is 10.1 Å². The third-order valence-corrected chi connectivity index (χ3v) is 2.99. The Morgan fingerprint density at radius 1 is 1.48 bits per heavy atom. The van der Waals surface area contributed by atoms with Gasteiger partial charge < -0.3 is 20.4 Å². The number of nitro benzene ring substituents is 1. The normalized spacial score (nSPS) is 11.1. The van der Waals surface area contributed by atoms with Crippen molar-refractivity contribution in [2.75, 3.05) is 12.8 Å². The first kappa shape index (κ1) is 16.1. The summed E-state index contributed by atoms with van der Waals surface area (Å²) in [6.07, 6.45) is 0. The van der Waals surface area contributed by atoms with E-state index in [9.17, 15) is 14.9 Å². The Morgan fingerprint density at radius 3 is 2.74 bits per heavy atom. The fraction of sp³-hybridized carbons (Fsp3) is 0.0909. The van der Waals surface area contributed by atoms with Crippen molar-refractivity contribution in [2.45, 2.75) is 0 Å². The number of non-ortho nitro benzene ring substituents is 1. The average Bonchev–Trinajstić information content (AvgIpc) is 2.93. The molecular formula is C11H9N5O6S. The third kappa shape index (κ3) is 3.68. The molecule has 1 heterocycles. The van der Waals surface area contributed by atoms with E-state index in [0.29, 0.717) is 0 Å². The molecule has 2 rings (SSSR count). The van der Waals surface area contributed by atoms with Gasteiger partial charge in [0.25, 0.3) is 5.69 Å². The van der Waals surface area contributed by atoms with E-state index in [-0.39, 0.29) is 28.1 Å². The number of hydrogen-bond acceptors (Lipinski definition) is 10. The molecular weight excluding hydrogens is 330 g/mol. The summed E-state index contributed by atoms with van der Waals surface area (Å²) in [6, 6.07) is 3.54. The number of oxime groups is 1. The van der Waals surface area contributed by atoms with Crippen molar-refractivity contribution in [1.82, 2.24) is 9.36 Å². The van der Waals surface area contributed by atoms with Crippen LogP contribution in [-0.4, -0.2) is 38.2 Å². The van der Waals surface area contributed by atoms with Crippen molar-refractivity contribution in [3.05, 3.63) is 34.1 Å². The molecule has 0 radical (unpaired) electrons. The van der Waals surface area contributed by atoms with E-state index >= 15 is 0 Å². The Kier molecular flexibility index (Phi) is 4.66. The number of carbonyl (C=O) groups is 1. The third-order valence-electron chi connectivity index (χ3n) is 2.45. The number of carboxylic acid groups (broad SMARTS) is 1. The number of nitro groups is 1. The summed E-state index contributed by atoms with van der Waals surface area (Å²) in [4.78, 5) is 30.0. The molecule has 11 nitrogen and oxygen atoms in total. The number of nitrogens with zero attached hydrogens (tertiary/aromatic N) is 4. The number of carboxylic acids is 1. The lowest BCUT2D eigenvalue weighted by molar-refractivity contribution is -0.385. The minimum atomic E-state index is -1.45. The molecule has 0 aliphatic heterocycles. The van der Waals surface area contributed by atoms with Crippen LogP contribution in [0.15, 0.2) is 23.4 Å². The maximum atomic E-state index is 11.2.